The monoisotopic (exact) mass is 323 g/mol. The van der Waals surface area contributed by atoms with Crippen molar-refractivity contribution in [2.75, 3.05) is 5.33 Å². The van der Waals surface area contributed by atoms with Crippen molar-refractivity contribution in [3.63, 3.8) is 0 Å². The largest absolute Gasteiger partial charge is 0.339 e. The first kappa shape index (κ1) is 14.0. The molecule has 1 amide bonds. The number of nitrogens with one attached hydrogen (secondary N) is 1. The average Bonchev–Trinajstić information content (AvgIpc) is 2.12. The minimum Gasteiger partial charge on any atom is -0.339 e. The fraction of sp³-hybridized carbons (Fsp3) is 0.700. The summed E-state index contributed by atoms with van der Waals surface area (Å²) in [5, 5.41) is 3.45. The molecular weight excluding hydrogens is 310 g/mol. The molecular formula is C10H15Br2NO. The molecule has 0 fully saturated rings. The summed E-state index contributed by atoms with van der Waals surface area (Å²) in [6.07, 6.45) is 0.801. The molecule has 1 unspecified atom stereocenters. The van der Waals surface area contributed by atoms with Crippen molar-refractivity contribution in [2.45, 2.75) is 37.6 Å². The molecule has 1 N–H and O–H groups in total. The first-order valence-electron chi connectivity index (χ1n) is 4.45. The molecule has 80 valence electrons. The van der Waals surface area contributed by atoms with Crippen LogP contribution >= 0.6 is 31.9 Å². The molecule has 4 heteroatoms. The number of halogens is 2. The highest BCUT2D eigenvalue weighted by molar-refractivity contribution is 9.12. The fourth-order valence-corrected chi connectivity index (χ4v) is 1.21. The molecule has 0 aromatic heterocycles. The zero-order valence-electron chi connectivity index (χ0n) is 8.66. The highest BCUT2D eigenvalue weighted by atomic mass is 79.9. The van der Waals surface area contributed by atoms with Gasteiger partial charge < -0.3 is 5.32 Å². The summed E-state index contributed by atoms with van der Waals surface area (Å²) in [5.41, 5.74) is -0.457. The van der Waals surface area contributed by atoms with Gasteiger partial charge in [-0.05, 0) is 13.8 Å². The molecule has 0 spiro atoms. The summed E-state index contributed by atoms with van der Waals surface area (Å²) >= 11 is 6.49. The van der Waals surface area contributed by atoms with E-state index < -0.39 is 5.54 Å². The number of carbonyl (C=O) groups is 1. The molecule has 14 heavy (non-hydrogen) atoms. The normalized spacial score (nSPS) is 12.6. The standard InChI is InChI=1S/C10H15Br2NO/c1-4-5-6-10(2,3)13-9(14)8(12)7-11/h8H,4,7H2,1-3H3,(H,13,14). The van der Waals surface area contributed by atoms with Gasteiger partial charge in [0.2, 0.25) is 5.91 Å². The number of carbonyl (C=O) groups excluding carboxylic acids is 1. The molecule has 0 aliphatic rings. The van der Waals surface area contributed by atoms with Crippen molar-refractivity contribution in [1.29, 1.82) is 0 Å². The number of amides is 1. The van der Waals surface area contributed by atoms with E-state index in [4.69, 9.17) is 0 Å². The smallest absolute Gasteiger partial charge is 0.235 e. The molecule has 0 aromatic carbocycles. The van der Waals surface area contributed by atoms with Gasteiger partial charge in [0, 0.05) is 11.8 Å². The lowest BCUT2D eigenvalue weighted by Crippen LogP contribution is -2.46. The Morgan fingerprint density at radius 3 is 2.57 bits per heavy atom. The van der Waals surface area contributed by atoms with E-state index in [9.17, 15) is 4.79 Å². The molecule has 0 heterocycles. The zero-order valence-corrected chi connectivity index (χ0v) is 11.8. The van der Waals surface area contributed by atoms with Crippen LogP contribution in [0.1, 0.15) is 27.2 Å². The molecule has 0 saturated heterocycles. The molecule has 0 aliphatic heterocycles. The molecule has 0 rings (SSSR count). The zero-order chi connectivity index (χ0) is 11.2. The minimum absolute atomic E-state index is 0.0442. The van der Waals surface area contributed by atoms with Crippen LogP contribution in [0.3, 0.4) is 0 Å². The maximum Gasteiger partial charge on any atom is 0.235 e. The van der Waals surface area contributed by atoms with E-state index >= 15 is 0 Å². The van der Waals surface area contributed by atoms with Crippen LogP contribution < -0.4 is 5.32 Å². The summed E-state index contributed by atoms with van der Waals surface area (Å²) in [6, 6.07) is 0. The number of alkyl halides is 2. The van der Waals surface area contributed by atoms with Crippen molar-refractivity contribution in [2.24, 2.45) is 0 Å². The van der Waals surface area contributed by atoms with Crippen molar-refractivity contribution < 1.29 is 4.79 Å². The lowest BCUT2D eigenvalue weighted by Gasteiger charge is -2.21. The number of hydrogen-bond acceptors (Lipinski definition) is 1. The van der Waals surface area contributed by atoms with Crippen LogP contribution in [0, 0.1) is 11.8 Å². The summed E-state index contributed by atoms with van der Waals surface area (Å²) in [4.78, 5) is 11.3. The van der Waals surface area contributed by atoms with E-state index in [1.165, 1.54) is 0 Å². The van der Waals surface area contributed by atoms with Gasteiger partial charge in [-0.25, -0.2) is 0 Å². The van der Waals surface area contributed by atoms with Crippen LogP contribution in [0.4, 0.5) is 0 Å². The van der Waals surface area contributed by atoms with Gasteiger partial charge in [0.25, 0.3) is 0 Å². The van der Waals surface area contributed by atoms with Crippen molar-refractivity contribution in [3.05, 3.63) is 0 Å². The highest BCUT2D eigenvalue weighted by Gasteiger charge is 2.21. The molecule has 0 aliphatic carbocycles. The summed E-state index contributed by atoms with van der Waals surface area (Å²) in [7, 11) is 0. The fourth-order valence-electron chi connectivity index (χ4n) is 0.797. The van der Waals surface area contributed by atoms with Gasteiger partial charge >= 0.3 is 0 Å². The topological polar surface area (TPSA) is 29.1 Å². The average molecular weight is 325 g/mol. The summed E-state index contributed by atoms with van der Waals surface area (Å²) in [5.74, 6) is 5.92. The maximum absolute atomic E-state index is 11.5. The second-order valence-electron chi connectivity index (χ2n) is 3.39. The van der Waals surface area contributed by atoms with Crippen LogP contribution in [0.2, 0.25) is 0 Å². The third kappa shape index (κ3) is 5.66. The van der Waals surface area contributed by atoms with Crippen LogP contribution in [0.25, 0.3) is 0 Å². The summed E-state index contributed by atoms with van der Waals surface area (Å²) in [6.45, 7) is 5.76. The van der Waals surface area contributed by atoms with Crippen LogP contribution in [-0.4, -0.2) is 21.6 Å². The number of rotatable bonds is 3. The van der Waals surface area contributed by atoms with Crippen LogP contribution in [-0.2, 0) is 4.79 Å². The third-order valence-corrected chi connectivity index (χ3v) is 3.69. The van der Waals surface area contributed by atoms with Crippen LogP contribution in [0.5, 0.6) is 0 Å². The molecule has 2 nitrogen and oxygen atoms in total. The van der Waals surface area contributed by atoms with Crippen molar-refractivity contribution >= 4 is 37.8 Å². The number of hydrogen-bond donors (Lipinski definition) is 1. The van der Waals surface area contributed by atoms with Gasteiger partial charge in [-0.2, -0.15) is 0 Å². The minimum atomic E-state index is -0.457. The Bertz CT molecular complexity index is 253. The first-order valence-corrected chi connectivity index (χ1v) is 6.48. The van der Waals surface area contributed by atoms with E-state index in [0.717, 1.165) is 6.42 Å². The van der Waals surface area contributed by atoms with Gasteiger partial charge in [0.15, 0.2) is 0 Å². The molecule has 1 atom stereocenters. The highest BCUT2D eigenvalue weighted by Crippen LogP contribution is 2.07. The first-order chi connectivity index (χ1) is 6.43. The Labute approximate surface area is 102 Å². The Morgan fingerprint density at radius 1 is 1.57 bits per heavy atom. The summed E-state index contributed by atoms with van der Waals surface area (Å²) < 4.78 is 0. The lowest BCUT2D eigenvalue weighted by molar-refractivity contribution is -0.121. The molecule has 0 radical (unpaired) electrons. The van der Waals surface area contributed by atoms with Crippen molar-refractivity contribution in [1.82, 2.24) is 5.32 Å². The Morgan fingerprint density at radius 2 is 2.14 bits per heavy atom. The third-order valence-electron chi connectivity index (χ3n) is 1.43. The van der Waals surface area contributed by atoms with E-state index in [1.54, 1.807) is 0 Å². The quantitative estimate of drug-likeness (QED) is 0.627. The SMILES string of the molecule is CCC#CC(C)(C)NC(=O)C(Br)CBr. The van der Waals surface area contributed by atoms with E-state index in [0.29, 0.717) is 5.33 Å². The van der Waals surface area contributed by atoms with Crippen molar-refractivity contribution in [3.8, 4) is 11.8 Å². The van der Waals surface area contributed by atoms with E-state index in [1.807, 2.05) is 20.8 Å². The van der Waals surface area contributed by atoms with Gasteiger partial charge in [-0.15, -0.1) is 5.92 Å². The lowest BCUT2D eigenvalue weighted by atomic mass is 10.1. The van der Waals surface area contributed by atoms with E-state index in [-0.39, 0.29) is 10.7 Å². The Kier molecular flexibility index (Phi) is 6.46. The van der Waals surface area contributed by atoms with Gasteiger partial charge in [0.1, 0.15) is 4.83 Å². The molecule has 0 bridgehead atoms. The van der Waals surface area contributed by atoms with Gasteiger partial charge in [-0.3, -0.25) is 4.79 Å². The van der Waals surface area contributed by atoms with Gasteiger partial charge in [-0.1, -0.05) is 44.7 Å². The molecule has 0 saturated carbocycles. The van der Waals surface area contributed by atoms with Gasteiger partial charge in [0.05, 0.1) is 5.54 Å². The second kappa shape index (κ2) is 6.47. The maximum atomic E-state index is 11.5. The second-order valence-corrected chi connectivity index (χ2v) is 5.14. The van der Waals surface area contributed by atoms with E-state index in [2.05, 4.69) is 49.0 Å². The molecule has 0 aromatic rings. The predicted octanol–water partition coefficient (Wildman–Crippen LogP) is 2.45. The Balaban J connectivity index is 4.28. The predicted molar refractivity (Wildman–Crippen MR) is 66.8 cm³/mol. The Hall–Kier alpha value is -0.0100. The van der Waals surface area contributed by atoms with Crippen LogP contribution in [0.15, 0.2) is 0 Å².